The van der Waals surface area contributed by atoms with Crippen molar-refractivity contribution in [1.29, 1.82) is 5.41 Å². The van der Waals surface area contributed by atoms with Crippen LogP contribution in [0.5, 0.6) is 0 Å². The minimum Gasteiger partial charge on any atom is -0.398 e. The molecule has 8 nitrogen and oxygen atoms in total. The van der Waals surface area contributed by atoms with Crippen molar-refractivity contribution in [2.24, 2.45) is 0 Å². The Bertz CT molecular complexity index is 1310. The average Bonchev–Trinajstić information content (AvgIpc) is 3.47. The number of hydrogen-bond acceptors (Lipinski definition) is 6. The molecule has 0 fully saturated rings. The first-order chi connectivity index (χ1) is 16.4. The molecule has 34 heavy (non-hydrogen) atoms. The predicted molar refractivity (Wildman–Crippen MR) is 132 cm³/mol. The SMILES string of the molecule is C=C(/C=C(\C=C/C)C(=O)N[C@@H]1c2ccccc2C[C@@H]1O)C(=N)c1cc(-c2ncn[nH]2)ccc1N. The summed E-state index contributed by atoms with van der Waals surface area (Å²) in [5.74, 6) is 0.191. The van der Waals surface area contributed by atoms with E-state index in [2.05, 4.69) is 27.1 Å². The molecule has 8 heteroatoms. The predicted octanol–water partition coefficient (Wildman–Crippen LogP) is 3.25. The van der Waals surface area contributed by atoms with Crippen molar-refractivity contribution in [3.8, 4) is 11.4 Å². The Morgan fingerprint density at radius 1 is 1.32 bits per heavy atom. The monoisotopic (exact) mass is 454 g/mol. The Morgan fingerprint density at radius 3 is 2.85 bits per heavy atom. The molecular formula is C26H26N6O2. The highest BCUT2D eigenvalue weighted by molar-refractivity contribution is 6.16. The fourth-order valence-corrected chi connectivity index (χ4v) is 4.04. The molecule has 0 spiro atoms. The normalized spacial score (nSPS) is 17.5. The number of aliphatic hydroxyl groups is 1. The highest BCUT2D eigenvalue weighted by Crippen LogP contribution is 2.31. The maximum Gasteiger partial charge on any atom is 0.251 e. The molecule has 0 radical (unpaired) electrons. The van der Waals surface area contributed by atoms with Gasteiger partial charge in [-0.2, -0.15) is 5.10 Å². The van der Waals surface area contributed by atoms with Crippen molar-refractivity contribution in [2.75, 3.05) is 5.73 Å². The lowest BCUT2D eigenvalue weighted by atomic mass is 9.97. The van der Waals surface area contributed by atoms with Crippen molar-refractivity contribution < 1.29 is 9.90 Å². The molecule has 1 aliphatic carbocycles. The van der Waals surface area contributed by atoms with Gasteiger partial charge in [0.2, 0.25) is 0 Å². The van der Waals surface area contributed by atoms with E-state index in [-0.39, 0.29) is 11.6 Å². The third kappa shape index (κ3) is 4.57. The Balaban J connectivity index is 1.57. The van der Waals surface area contributed by atoms with Crippen LogP contribution >= 0.6 is 0 Å². The number of nitrogen functional groups attached to an aromatic ring is 1. The lowest BCUT2D eigenvalue weighted by Gasteiger charge is -2.18. The number of aliphatic hydroxyl groups excluding tert-OH is 1. The molecule has 0 bridgehead atoms. The van der Waals surface area contributed by atoms with Gasteiger partial charge in [-0.25, -0.2) is 4.98 Å². The lowest BCUT2D eigenvalue weighted by Crippen LogP contribution is -2.34. The smallest absolute Gasteiger partial charge is 0.251 e. The summed E-state index contributed by atoms with van der Waals surface area (Å²) in [6.45, 7) is 5.80. The molecule has 1 aromatic heterocycles. The number of rotatable bonds is 7. The van der Waals surface area contributed by atoms with Gasteiger partial charge in [0.15, 0.2) is 5.82 Å². The van der Waals surface area contributed by atoms with Gasteiger partial charge in [-0.05, 0) is 47.9 Å². The summed E-state index contributed by atoms with van der Waals surface area (Å²) in [5.41, 5.74) is 10.4. The molecule has 1 amide bonds. The van der Waals surface area contributed by atoms with E-state index in [0.29, 0.717) is 34.6 Å². The Hall–Kier alpha value is -4.30. The summed E-state index contributed by atoms with van der Waals surface area (Å²) in [6, 6.07) is 12.4. The van der Waals surface area contributed by atoms with E-state index in [1.54, 1.807) is 43.4 Å². The maximum absolute atomic E-state index is 13.1. The van der Waals surface area contributed by atoms with Crippen LogP contribution < -0.4 is 11.1 Å². The van der Waals surface area contributed by atoms with Crippen LogP contribution in [-0.4, -0.2) is 38.0 Å². The molecule has 172 valence electrons. The zero-order valence-electron chi connectivity index (χ0n) is 18.7. The van der Waals surface area contributed by atoms with Crippen LogP contribution in [-0.2, 0) is 11.2 Å². The van der Waals surface area contributed by atoms with Gasteiger partial charge in [0, 0.05) is 28.8 Å². The van der Waals surface area contributed by atoms with Crippen LogP contribution in [0.25, 0.3) is 11.4 Å². The van der Waals surface area contributed by atoms with Gasteiger partial charge in [-0.3, -0.25) is 15.3 Å². The number of nitrogens with zero attached hydrogens (tertiary/aromatic N) is 2. The van der Waals surface area contributed by atoms with Gasteiger partial charge in [-0.1, -0.05) is 43.0 Å². The molecule has 3 aromatic rings. The fraction of sp³-hybridized carbons (Fsp3) is 0.154. The quantitative estimate of drug-likeness (QED) is 0.161. The Kier molecular flexibility index (Phi) is 6.51. The number of hydrogen-bond donors (Lipinski definition) is 5. The number of nitrogens with one attached hydrogen (secondary N) is 3. The van der Waals surface area contributed by atoms with Crippen LogP contribution in [0.1, 0.15) is 29.7 Å². The summed E-state index contributed by atoms with van der Waals surface area (Å²) in [7, 11) is 0. The molecule has 0 aliphatic heterocycles. The number of aromatic nitrogens is 3. The lowest BCUT2D eigenvalue weighted by molar-refractivity contribution is -0.118. The zero-order valence-corrected chi connectivity index (χ0v) is 18.7. The van der Waals surface area contributed by atoms with Gasteiger partial charge in [-0.15, -0.1) is 0 Å². The van der Waals surface area contributed by atoms with Crippen molar-refractivity contribution in [3.05, 3.63) is 101 Å². The highest BCUT2D eigenvalue weighted by Gasteiger charge is 2.32. The number of anilines is 1. The van der Waals surface area contributed by atoms with E-state index in [1.807, 2.05) is 24.3 Å². The van der Waals surface area contributed by atoms with Crippen LogP contribution in [0.3, 0.4) is 0 Å². The van der Waals surface area contributed by atoms with Crippen molar-refractivity contribution >= 4 is 17.3 Å². The maximum atomic E-state index is 13.1. The number of amides is 1. The molecule has 1 aliphatic rings. The number of H-pyrrole nitrogens is 1. The second kappa shape index (κ2) is 9.68. The van der Waals surface area contributed by atoms with E-state index in [9.17, 15) is 9.90 Å². The average molecular weight is 455 g/mol. The van der Waals surface area contributed by atoms with Crippen LogP contribution in [0, 0.1) is 5.41 Å². The third-order valence-electron chi connectivity index (χ3n) is 5.76. The van der Waals surface area contributed by atoms with Gasteiger partial charge in [0.25, 0.3) is 5.91 Å². The summed E-state index contributed by atoms with van der Waals surface area (Å²) >= 11 is 0. The first-order valence-corrected chi connectivity index (χ1v) is 10.8. The number of benzene rings is 2. The standard InChI is InChI=1S/C26H26N6O2/c1-3-6-18(26(34)31-24-19-8-5-4-7-16(19)13-22(24)33)11-15(2)23(28)20-12-17(9-10-21(20)27)25-29-14-30-32-25/h3-12,14,22,24,28,33H,2,13,27H2,1H3,(H,31,34)(H,29,30,32)/b6-3-,18-11+,28-23?/t22-,24+/m0/s1. The largest absolute Gasteiger partial charge is 0.398 e. The molecular weight excluding hydrogens is 428 g/mol. The minimum absolute atomic E-state index is 0.0833. The minimum atomic E-state index is -0.701. The van der Waals surface area contributed by atoms with E-state index in [0.717, 1.165) is 16.7 Å². The summed E-state index contributed by atoms with van der Waals surface area (Å²) < 4.78 is 0. The number of allylic oxidation sites excluding steroid dienone is 3. The molecule has 0 unspecified atom stereocenters. The zero-order chi connectivity index (χ0) is 24.2. The fourth-order valence-electron chi connectivity index (χ4n) is 4.04. The van der Waals surface area contributed by atoms with Gasteiger partial charge < -0.3 is 16.2 Å². The van der Waals surface area contributed by atoms with Gasteiger partial charge in [0.05, 0.1) is 17.9 Å². The number of fused-ring (bicyclic) bond motifs is 1. The van der Waals surface area contributed by atoms with Crippen LogP contribution in [0.2, 0.25) is 0 Å². The number of carbonyl (C=O) groups excluding carboxylic acids is 1. The second-order valence-corrected chi connectivity index (χ2v) is 8.06. The number of carbonyl (C=O) groups is 1. The molecule has 4 rings (SSSR count). The molecule has 2 atom stereocenters. The Morgan fingerprint density at radius 2 is 2.12 bits per heavy atom. The highest BCUT2D eigenvalue weighted by atomic mass is 16.3. The van der Waals surface area contributed by atoms with E-state index in [1.165, 1.54) is 6.33 Å². The second-order valence-electron chi connectivity index (χ2n) is 8.06. The summed E-state index contributed by atoms with van der Waals surface area (Å²) in [6.07, 6.45) is 6.12. The van der Waals surface area contributed by atoms with Crippen molar-refractivity contribution in [3.63, 3.8) is 0 Å². The summed E-state index contributed by atoms with van der Waals surface area (Å²) in [4.78, 5) is 17.3. The van der Waals surface area contributed by atoms with Crippen molar-refractivity contribution in [2.45, 2.75) is 25.5 Å². The van der Waals surface area contributed by atoms with E-state index < -0.39 is 12.1 Å². The number of nitrogens with two attached hydrogens (primary N) is 1. The third-order valence-corrected chi connectivity index (χ3v) is 5.76. The Labute approximate surface area is 197 Å². The molecule has 2 aromatic carbocycles. The summed E-state index contributed by atoms with van der Waals surface area (Å²) in [5, 5.41) is 28.7. The molecule has 0 saturated heterocycles. The van der Waals surface area contributed by atoms with Crippen LogP contribution in [0.15, 0.2) is 84.7 Å². The molecule has 0 saturated carbocycles. The van der Waals surface area contributed by atoms with Gasteiger partial charge >= 0.3 is 0 Å². The molecule has 6 N–H and O–H groups in total. The topological polar surface area (TPSA) is 141 Å². The first kappa shape index (κ1) is 22.9. The van der Waals surface area contributed by atoms with Crippen LogP contribution in [0.4, 0.5) is 5.69 Å². The van der Waals surface area contributed by atoms with E-state index in [4.69, 9.17) is 11.1 Å². The van der Waals surface area contributed by atoms with E-state index >= 15 is 0 Å². The van der Waals surface area contributed by atoms with Gasteiger partial charge in [0.1, 0.15) is 6.33 Å². The first-order valence-electron chi connectivity index (χ1n) is 10.8. The number of aromatic amines is 1. The van der Waals surface area contributed by atoms with Crippen molar-refractivity contribution in [1.82, 2.24) is 20.5 Å². The molecule has 1 heterocycles.